The molecular formula is C14H16FN3O2S2. The Labute approximate surface area is 135 Å². The Morgan fingerprint density at radius 2 is 2.23 bits per heavy atom. The molecular weight excluding hydrogens is 325 g/mol. The highest BCUT2D eigenvalue weighted by atomic mass is 32.1. The Morgan fingerprint density at radius 3 is 2.82 bits per heavy atom. The third kappa shape index (κ3) is 3.04. The molecule has 0 radical (unpaired) electrons. The minimum absolute atomic E-state index is 0.166. The minimum atomic E-state index is -0.846. The second-order valence-electron chi connectivity index (χ2n) is 5.44. The molecule has 8 heteroatoms. The zero-order chi connectivity index (χ0) is 15.9. The number of aromatic nitrogens is 2. The Kier molecular flexibility index (Phi) is 4.24. The molecule has 0 aliphatic heterocycles. The van der Waals surface area contributed by atoms with Gasteiger partial charge in [-0.05, 0) is 26.7 Å². The molecule has 0 saturated heterocycles. The zero-order valence-corrected chi connectivity index (χ0v) is 13.8. The van der Waals surface area contributed by atoms with Crippen LogP contribution in [0.15, 0.2) is 5.38 Å². The number of amides is 1. The van der Waals surface area contributed by atoms with Gasteiger partial charge in [0, 0.05) is 11.3 Å². The second kappa shape index (κ2) is 6.02. The summed E-state index contributed by atoms with van der Waals surface area (Å²) in [5.41, 5.74) is 1.54. The van der Waals surface area contributed by atoms with Gasteiger partial charge in [-0.3, -0.25) is 4.79 Å². The van der Waals surface area contributed by atoms with Crippen LogP contribution in [-0.4, -0.2) is 27.2 Å². The summed E-state index contributed by atoms with van der Waals surface area (Å²) in [4.78, 5) is 21.5. The van der Waals surface area contributed by atoms with Crippen molar-refractivity contribution in [3.05, 3.63) is 16.1 Å². The van der Waals surface area contributed by atoms with Gasteiger partial charge in [0.05, 0.1) is 16.3 Å². The molecule has 5 nitrogen and oxygen atoms in total. The van der Waals surface area contributed by atoms with Gasteiger partial charge in [0.2, 0.25) is 5.91 Å². The number of hydrogen-bond acceptors (Lipinski definition) is 6. The fourth-order valence-electron chi connectivity index (χ4n) is 2.24. The lowest BCUT2D eigenvalue weighted by atomic mass is 9.83. The molecule has 0 bridgehead atoms. The SMILES string of the molecule is Cc1nc(C(C)O)sc1-c1csc(NC(=O)[C@H]2C[C@@H](F)C2)n1. The van der Waals surface area contributed by atoms with Gasteiger partial charge >= 0.3 is 0 Å². The van der Waals surface area contributed by atoms with E-state index in [1.807, 2.05) is 12.3 Å². The lowest BCUT2D eigenvalue weighted by Gasteiger charge is -2.27. The van der Waals surface area contributed by atoms with Crippen LogP contribution in [0.2, 0.25) is 0 Å². The zero-order valence-electron chi connectivity index (χ0n) is 12.2. The molecule has 0 spiro atoms. The van der Waals surface area contributed by atoms with Gasteiger partial charge in [-0.1, -0.05) is 0 Å². The van der Waals surface area contributed by atoms with Crippen molar-refractivity contribution < 1.29 is 14.3 Å². The molecule has 1 aliphatic rings. The number of carbonyl (C=O) groups excluding carboxylic acids is 1. The van der Waals surface area contributed by atoms with Crippen molar-refractivity contribution in [3.8, 4) is 10.6 Å². The Bertz CT molecular complexity index is 692. The van der Waals surface area contributed by atoms with Crippen LogP contribution >= 0.6 is 22.7 Å². The van der Waals surface area contributed by atoms with E-state index in [9.17, 15) is 14.3 Å². The molecule has 118 valence electrons. The average Bonchev–Trinajstić information content (AvgIpc) is 3.01. The normalized spacial score (nSPS) is 22.2. The summed E-state index contributed by atoms with van der Waals surface area (Å²) in [5, 5.41) is 15.3. The van der Waals surface area contributed by atoms with Gasteiger partial charge in [0.1, 0.15) is 17.3 Å². The van der Waals surface area contributed by atoms with Gasteiger partial charge in [0.15, 0.2) is 5.13 Å². The van der Waals surface area contributed by atoms with Crippen molar-refractivity contribution in [2.24, 2.45) is 5.92 Å². The van der Waals surface area contributed by atoms with Gasteiger partial charge < -0.3 is 10.4 Å². The highest BCUT2D eigenvalue weighted by Gasteiger charge is 2.34. The average molecular weight is 341 g/mol. The van der Waals surface area contributed by atoms with Crippen LogP contribution in [0, 0.1) is 12.8 Å². The standard InChI is InChI=1S/C14H16FN3O2S2/c1-6-11(22-13(16-6)7(2)19)10-5-21-14(17-10)18-12(20)8-3-9(15)4-8/h5,7-9,19H,3-4H2,1-2H3,(H,17,18,20)/t7?,8-,9+. The summed E-state index contributed by atoms with van der Waals surface area (Å²) in [7, 11) is 0. The Morgan fingerprint density at radius 1 is 1.50 bits per heavy atom. The van der Waals surface area contributed by atoms with Crippen molar-refractivity contribution >= 4 is 33.7 Å². The number of rotatable bonds is 4. The van der Waals surface area contributed by atoms with E-state index >= 15 is 0 Å². The molecule has 2 aromatic heterocycles. The fourth-order valence-corrected chi connectivity index (χ4v) is 3.98. The van der Waals surface area contributed by atoms with E-state index in [1.54, 1.807) is 6.92 Å². The number of alkyl halides is 1. The number of carbonyl (C=O) groups is 1. The molecule has 1 unspecified atom stereocenters. The van der Waals surface area contributed by atoms with Crippen molar-refractivity contribution in [2.75, 3.05) is 5.32 Å². The third-order valence-electron chi connectivity index (χ3n) is 3.59. The first-order valence-electron chi connectivity index (χ1n) is 7.00. The van der Waals surface area contributed by atoms with Crippen LogP contribution in [0.4, 0.5) is 9.52 Å². The summed E-state index contributed by atoms with van der Waals surface area (Å²) in [6.07, 6.45) is -0.852. The second-order valence-corrected chi connectivity index (χ2v) is 7.32. The Balaban J connectivity index is 1.72. The highest BCUT2D eigenvalue weighted by molar-refractivity contribution is 7.17. The number of nitrogens with one attached hydrogen (secondary N) is 1. The molecule has 2 heterocycles. The predicted octanol–water partition coefficient (Wildman–Crippen LogP) is 3.31. The molecule has 3 rings (SSSR count). The topological polar surface area (TPSA) is 75.1 Å². The predicted molar refractivity (Wildman–Crippen MR) is 84.8 cm³/mol. The first-order chi connectivity index (χ1) is 10.4. The van der Waals surface area contributed by atoms with Gasteiger partial charge in [0.25, 0.3) is 0 Å². The maximum Gasteiger partial charge on any atom is 0.229 e. The number of hydrogen-bond donors (Lipinski definition) is 2. The van der Waals surface area contributed by atoms with E-state index in [1.165, 1.54) is 22.7 Å². The smallest absolute Gasteiger partial charge is 0.229 e. The molecule has 1 aliphatic carbocycles. The molecule has 1 saturated carbocycles. The first kappa shape index (κ1) is 15.5. The summed E-state index contributed by atoms with van der Waals surface area (Å²) in [6.45, 7) is 3.54. The highest BCUT2D eigenvalue weighted by Crippen LogP contribution is 2.35. The molecule has 2 aromatic rings. The lowest BCUT2D eigenvalue weighted by molar-refractivity contribution is -0.124. The lowest BCUT2D eigenvalue weighted by Crippen LogP contribution is -2.35. The number of aliphatic hydroxyl groups is 1. The number of halogens is 1. The van der Waals surface area contributed by atoms with Crippen molar-refractivity contribution in [1.29, 1.82) is 0 Å². The van der Waals surface area contributed by atoms with Crippen molar-refractivity contribution in [3.63, 3.8) is 0 Å². The molecule has 1 atom stereocenters. The van der Waals surface area contributed by atoms with Crippen LogP contribution in [-0.2, 0) is 4.79 Å². The summed E-state index contributed by atoms with van der Waals surface area (Å²) < 4.78 is 12.8. The number of aliphatic hydroxyl groups excluding tert-OH is 1. The van der Waals surface area contributed by atoms with Crippen LogP contribution in [0.5, 0.6) is 0 Å². The summed E-state index contributed by atoms with van der Waals surface area (Å²) >= 11 is 2.73. The first-order valence-corrected chi connectivity index (χ1v) is 8.70. The number of nitrogens with zero attached hydrogens (tertiary/aromatic N) is 2. The van der Waals surface area contributed by atoms with Gasteiger partial charge in [-0.15, -0.1) is 22.7 Å². The Hall–Kier alpha value is -1.38. The molecule has 1 fully saturated rings. The van der Waals surface area contributed by atoms with Crippen LogP contribution < -0.4 is 5.32 Å². The summed E-state index contributed by atoms with van der Waals surface area (Å²) in [5.74, 6) is -0.408. The minimum Gasteiger partial charge on any atom is -0.386 e. The number of thiazole rings is 2. The van der Waals surface area contributed by atoms with E-state index in [4.69, 9.17) is 0 Å². The van der Waals surface area contributed by atoms with Crippen LogP contribution in [0.3, 0.4) is 0 Å². The molecule has 0 aromatic carbocycles. The van der Waals surface area contributed by atoms with E-state index < -0.39 is 12.3 Å². The maximum absolute atomic E-state index is 12.8. The fraction of sp³-hybridized carbons (Fsp3) is 0.500. The molecule has 1 amide bonds. The van der Waals surface area contributed by atoms with Gasteiger partial charge in [-0.2, -0.15) is 0 Å². The quantitative estimate of drug-likeness (QED) is 0.894. The van der Waals surface area contributed by atoms with E-state index in [0.717, 1.165) is 16.3 Å². The van der Waals surface area contributed by atoms with Gasteiger partial charge in [-0.25, -0.2) is 14.4 Å². The van der Waals surface area contributed by atoms with E-state index in [2.05, 4.69) is 15.3 Å². The number of aryl methyl sites for hydroxylation is 1. The van der Waals surface area contributed by atoms with E-state index in [-0.39, 0.29) is 11.8 Å². The van der Waals surface area contributed by atoms with Crippen molar-refractivity contribution in [1.82, 2.24) is 9.97 Å². The molecule has 22 heavy (non-hydrogen) atoms. The monoisotopic (exact) mass is 341 g/mol. The molecule has 2 N–H and O–H groups in total. The third-order valence-corrected chi connectivity index (χ3v) is 5.70. The number of anilines is 1. The summed E-state index contributed by atoms with van der Waals surface area (Å²) in [6, 6.07) is 0. The van der Waals surface area contributed by atoms with Crippen LogP contribution in [0.25, 0.3) is 10.6 Å². The maximum atomic E-state index is 12.8. The van der Waals surface area contributed by atoms with Crippen LogP contribution in [0.1, 0.15) is 36.6 Å². The van der Waals surface area contributed by atoms with Crippen molar-refractivity contribution in [2.45, 2.75) is 39.0 Å². The largest absolute Gasteiger partial charge is 0.386 e. The van der Waals surface area contributed by atoms with E-state index in [0.29, 0.717) is 23.0 Å².